The number of aryl methyl sites for hydroxylation is 1. The van der Waals surface area contributed by atoms with E-state index in [1.807, 2.05) is 6.92 Å². The number of carbonyl (C=O) groups is 1. The number of hydrogen-bond acceptors (Lipinski definition) is 3. The number of nitrogens with zero attached hydrogens (tertiary/aromatic N) is 1. The molecule has 0 unspecified atom stereocenters. The van der Waals surface area contributed by atoms with Crippen LogP contribution in [0.1, 0.15) is 14.7 Å². The van der Waals surface area contributed by atoms with Crippen LogP contribution in [0.5, 0.6) is 0 Å². The molecule has 0 atom stereocenters. The minimum atomic E-state index is -0.474. The number of thiazole rings is 1. The number of hydrogen-bond donors (Lipinski definition) is 1. The van der Waals surface area contributed by atoms with Gasteiger partial charge in [-0.15, -0.1) is 11.3 Å². The van der Waals surface area contributed by atoms with Crippen molar-refractivity contribution in [2.75, 3.05) is 5.32 Å². The standard InChI is InChI=1S/C11H7BrClFN2OS/c1-5-15-4-9(18-5)11(17)16-10-7(12)2-6(14)3-8(10)13/h2-4H,1H3,(H,16,17). The van der Waals surface area contributed by atoms with Crippen molar-refractivity contribution in [1.82, 2.24) is 4.98 Å². The summed E-state index contributed by atoms with van der Waals surface area (Å²) in [5.74, 6) is -0.798. The summed E-state index contributed by atoms with van der Waals surface area (Å²) in [5, 5.41) is 3.55. The molecule has 0 aliphatic rings. The second-order valence-electron chi connectivity index (χ2n) is 3.44. The minimum absolute atomic E-state index is 0.136. The predicted octanol–water partition coefficient (Wildman–Crippen LogP) is 4.26. The smallest absolute Gasteiger partial charge is 0.267 e. The zero-order chi connectivity index (χ0) is 13.3. The van der Waals surface area contributed by atoms with Gasteiger partial charge in [-0.25, -0.2) is 9.37 Å². The van der Waals surface area contributed by atoms with Crippen LogP contribution in [0.15, 0.2) is 22.8 Å². The van der Waals surface area contributed by atoms with Gasteiger partial charge in [-0.1, -0.05) is 11.6 Å². The molecule has 3 nitrogen and oxygen atoms in total. The van der Waals surface area contributed by atoms with Gasteiger partial charge in [0.1, 0.15) is 10.7 Å². The summed E-state index contributed by atoms with van der Waals surface area (Å²) in [5.41, 5.74) is 0.342. The molecule has 1 aromatic carbocycles. The molecule has 1 N–H and O–H groups in total. The van der Waals surface area contributed by atoms with Gasteiger partial charge in [0.15, 0.2) is 0 Å². The molecule has 94 valence electrons. The maximum atomic E-state index is 13.0. The highest BCUT2D eigenvalue weighted by atomic mass is 79.9. The summed E-state index contributed by atoms with van der Waals surface area (Å²) in [7, 11) is 0. The van der Waals surface area contributed by atoms with Crippen molar-refractivity contribution in [2.45, 2.75) is 6.92 Å². The van der Waals surface area contributed by atoms with Crippen molar-refractivity contribution in [2.24, 2.45) is 0 Å². The minimum Gasteiger partial charge on any atom is -0.319 e. The van der Waals surface area contributed by atoms with Crippen molar-refractivity contribution < 1.29 is 9.18 Å². The Balaban J connectivity index is 2.27. The molecule has 0 radical (unpaired) electrons. The molecule has 0 aliphatic heterocycles. The van der Waals surface area contributed by atoms with Crippen LogP contribution in [0.2, 0.25) is 5.02 Å². The Hall–Kier alpha value is -0.980. The summed E-state index contributed by atoms with van der Waals surface area (Å²) < 4.78 is 13.4. The van der Waals surface area contributed by atoms with Gasteiger partial charge in [0.25, 0.3) is 5.91 Å². The number of nitrogens with one attached hydrogen (secondary N) is 1. The molecule has 0 aliphatic carbocycles. The first-order valence-electron chi connectivity index (χ1n) is 4.85. The molecule has 2 aromatic rings. The third kappa shape index (κ3) is 2.88. The van der Waals surface area contributed by atoms with Crippen LogP contribution in [0.25, 0.3) is 0 Å². The second-order valence-corrected chi connectivity index (χ2v) is 5.94. The van der Waals surface area contributed by atoms with Crippen molar-refractivity contribution in [3.63, 3.8) is 0 Å². The van der Waals surface area contributed by atoms with Crippen molar-refractivity contribution >= 4 is 50.5 Å². The van der Waals surface area contributed by atoms with Gasteiger partial charge in [-0.2, -0.15) is 0 Å². The van der Waals surface area contributed by atoms with Crippen LogP contribution >= 0.6 is 38.9 Å². The summed E-state index contributed by atoms with van der Waals surface area (Å²) in [4.78, 5) is 16.4. The zero-order valence-electron chi connectivity index (χ0n) is 9.13. The Morgan fingerprint density at radius 2 is 2.28 bits per heavy atom. The Morgan fingerprint density at radius 3 is 2.83 bits per heavy atom. The van der Waals surface area contributed by atoms with Crippen LogP contribution in [0, 0.1) is 12.7 Å². The number of amides is 1. The SMILES string of the molecule is Cc1ncc(C(=O)Nc2c(Cl)cc(F)cc2Br)s1. The lowest BCUT2D eigenvalue weighted by molar-refractivity contribution is 0.103. The Kier molecular flexibility index (Phi) is 3.99. The molecule has 0 saturated heterocycles. The van der Waals surface area contributed by atoms with E-state index in [0.717, 1.165) is 11.1 Å². The van der Waals surface area contributed by atoms with Gasteiger partial charge in [-0.3, -0.25) is 4.79 Å². The molecule has 18 heavy (non-hydrogen) atoms. The van der Waals surface area contributed by atoms with Gasteiger partial charge >= 0.3 is 0 Å². The summed E-state index contributed by atoms with van der Waals surface area (Å²) in [6.45, 7) is 1.81. The average Bonchev–Trinajstić information content (AvgIpc) is 2.70. The Bertz CT molecular complexity index is 594. The second kappa shape index (κ2) is 5.34. The van der Waals surface area contributed by atoms with Crippen molar-refractivity contribution in [3.8, 4) is 0 Å². The number of halogens is 3. The molecule has 0 fully saturated rings. The number of anilines is 1. The van der Waals surface area contributed by atoms with E-state index in [0.29, 0.717) is 15.0 Å². The topological polar surface area (TPSA) is 42.0 Å². The summed E-state index contributed by atoms with van der Waals surface area (Å²) in [6, 6.07) is 2.37. The van der Waals surface area contributed by atoms with E-state index in [9.17, 15) is 9.18 Å². The first kappa shape index (κ1) is 13.5. The lowest BCUT2D eigenvalue weighted by Crippen LogP contribution is -2.11. The first-order chi connectivity index (χ1) is 8.47. The molecule has 2 rings (SSSR count). The zero-order valence-corrected chi connectivity index (χ0v) is 12.3. The van der Waals surface area contributed by atoms with E-state index in [-0.39, 0.29) is 10.9 Å². The van der Waals surface area contributed by atoms with Gasteiger partial charge in [-0.05, 0) is 35.0 Å². The number of rotatable bonds is 2. The van der Waals surface area contributed by atoms with E-state index in [4.69, 9.17) is 11.6 Å². The van der Waals surface area contributed by atoms with Crippen LogP contribution < -0.4 is 5.32 Å². The maximum Gasteiger partial charge on any atom is 0.267 e. The number of benzene rings is 1. The molecule has 0 saturated carbocycles. The molecule has 1 amide bonds. The van der Waals surface area contributed by atoms with E-state index < -0.39 is 5.82 Å². The number of aromatic nitrogens is 1. The molecular formula is C11H7BrClFN2OS. The van der Waals surface area contributed by atoms with E-state index >= 15 is 0 Å². The van der Waals surface area contributed by atoms with E-state index in [1.54, 1.807) is 0 Å². The lowest BCUT2D eigenvalue weighted by Gasteiger charge is -2.08. The summed E-state index contributed by atoms with van der Waals surface area (Å²) >= 11 is 10.3. The fourth-order valence-electron chi connectivity index (χ4n) is 1.30. The van der Waals surface area contributed by atoms with Crippen molar-refractivity contribution in [1.29, 1.82) is 0 Å². The largest absolute Gasteiger partial charge is 0.319 e. The monoisotopic (exact) mass is 348 g/mol. The Morgan fingerprint density at radius 1 is 1.56 bits per heavy atom. The molecule has 0 bridgehead atoms. The third-order valence-electron chi connectivity index (χ3n) is 2.09. The van der Waals surface area contributed by atoms with Crippen LogP contribution in [-0.4, -0.2) is 10.9 Å². The maximum absolute atomic E-state index is 13.0. The lowest BCUT2D eigenvalue weighted by atomic mass is 10.3. The van der Waals surface area contributed by atoms with Crippen LogP contribution in [0.4, 0.5) is 10.1 Å². The van der Waals surface area contributed by atoms with Gasteiger partial charge in [0.05, 0.1) is 21.9 Å². The highest BCUT2D eigenvalue weighted by molar-refractivity contribution is 9.10. The normalized spacial score (nSPS) is 10.4. The highest BCUT2D eigenvalue weighted by Crippen LogP contribution is 2.32. The predicted molar refractivity (Wildman–Crippen MR) is 73.9 cm³/mol. The Labute approximate surface area is 120 Å². The van der Waals surface area contributed by atoms with Gasteiger partial charge in [0, 0.05) is 4.47 Å². The van der Waals surface area contributed by atoms with E-state index in [2.05, 4.69) is 26.2 Å². The quantitative estimate of drug-likeness (QED) is 0.880. The van der Waals surface area contributed by atoms with Gasteiger partial charge < -0.3 is 5.32 Å². The fourth-order valence-corrected chi connectivity index (χ4v) is 2.87. The average molecular weight is 350 g/mol. The highest BCUT2D eigenvalue weighted by Gasteiger charge is 2.14. The molecule has 1 aromatic heterocycles. The first-order valence-corrected chi connectivity index (χ1v) is 6.84. The molecule has 0 spiro atoms. The van der Waals surface area contributed by atoms with E-state index in [1.165, 1.54) is 23.6 Å². The molecule has 1 heterocycles. The molecular weight excluding hydrogens is 343 g/mol. The van der Waals surface area contributed by atoms with Gasteiger partial charge in [0.2, 0.25) is 0 Å². The van der Waals surface area contributed by atoms with Crippen LogP contribution in [0.3, 0.4) is 0 Å². The third-order valence-corrected chi connectivity index (χ3v) is 3.93. The number of carbonyl (C=O) groups excluding carboxylic acids is 1. The van der Waals surface area contributed by atoms with Crippen LogP contribution in [-0.2, 0) is 0 Å². The van der Waals surface area contributed by atoms with Crippen molar-refractivity contribution in [3.05, 3.63) is 43.5 Å². The molecule has 7 heteroatoms. The summed E-state index contributed by atoms with van der Waals surface area (Å²) in [6.07, 6.45) is 1.49. The fraction of sp³-hybridized carbons (Fsp3) is 0.0909.